The first-order valence-corrected chi connectivity index (χ1v) is 14.3. The van der Waals surface area contributed by atoms with Gasteiger partial charge in [0, 0.05) is 6.42 Å². The summed E-state index contributed by atoms with van der Waals surface area (Å²) >= 11 is 2.19. The normalized spacial score (nSPS) is 15.9. The number of carbonyl (C=O) groups is 1. The Labute approximate surface area is 243 Å². The molecule has 2 unspecified atom stereocenters. The van der Waals surface area contributed by atoms with Crippen LogP contribution in [0.25, 0.3) is 0 Å². The molecular weight excluding hydrogens is 603 g/mol. The standard InChI is InChI=1S/C33H31IO5/c1-2-18-36-33(35)26-20-27(37-21-24-14-8-4-9-15-24)29(31-28(39-31)19-23-12-6-3-7-13-23)32(30(26)34)38-22-25-16-10-5-11-17-25/h3-17,20,28,31H,2,18-19,21-22H2,1H3. The van der Waals surface area contributed by atoms with Crippen LogP contribution in [0.4, 0.5) is 0 Å². The number of epoxide rings is 1. The van der Waals surface area contributed by atoms with Gasteiger partial charge in [0.15, 0.2) is 0 Å². The van der Waals surface area contributed by atoms with Gasteiger partial charge in [0.25, 0.3) is 0 Å². The zero-order valence-corrected chi connectivity index (χ0v) is 24.0. The molecule has 0 saturated carbocycles. The van der Waals surface area contributed by atoms with Crippen molar-refractivity contribution in [3.8, 4) is 11.5 Å². The monoisotopic (exact) mass is 634 g/mol. The van der Waals surface area contributed by atoms with Gasteiger partial charge < -0.3 is 18.9 Å². The third-order valence-electron chi connectivity index (χ3n) is 6.49. The summed E-state index contributed by atoms with van der Waals surface area (Å²) in [5.41, 5.74) is 4.53. The Bertz CT molecular complexity index is 1380. The first-order valence-electron chi connectivity index (χ1n) is 13.2. The van der Waals surface area contributed by atoms with Crippen LogP contribution in [0.3, 0.4) is 0 Å². The summed E-state index contributed by atoms with van der Waals surface area (Å²) in [5, 5.41) is 0. The smallest absolute Gasteiger partial charge is 0.339 e. The maximum Gasteiger partial charge on any atom is 0.339 e. The van der Waals surface area contributed by atoms with E-state index in [2.05, 4.69) is 34.7 Å². The van der Waals surface area contributed by atoms with Crippen molar-refractivity contribution in [3.63, 3.8) is 0 Å². The fourth-order valence-electron chi connectivity index (χ4n) is 4.44. The average Bonchev–Trinajstić information content (AvgIpc) is 3.74. The number of hydrogen-bond donors (Lipinski definition) is 0. The highest BCUT2D eigenvalue weighted by atomic mass is 127. The highest BCUT2D eigenvalue weighted by Crippen LogP contribution is 2.51. The molecule has 0 amide bonds. The molecule has 0 N–H and O–H groups in total. The van der Waals surface area contributed by atoms with Gasteiger partial charge >= 0.3 is 5.97 Å². The van der Waals surface area contributed by atoms with E-state index in [1.165, 1.54) is 5.56 Å². The molecule has 0 spiro atoms. The molecule has 6 heteroatoms. The van der Waals surface area contributed by atoms with Crippen molar-refractivity contribution in [3.05, 3.63) is 128 Å². The molecule has 1 aliphatic heterocycles. The van der Waals surface area contributed by atoms with Crippen LogP contribution < -0.4 is 9.47 Å². The van der Waals surface area contributed by atoms with Gasteiger partial charge in [0.05, 0.1) is 27.4 Å². The predicted molar refractivity (Wildman–Crippen MR) is 159 cm³/mol. The lowest BCUT2D eigenvalue weighted by Crippen LogP contribution is -2.13. The van der Waals surface area contributed by atoms with Gasteiger partial charge in [0.2, 0.25) is 0 Å². The lowest BCUT2D eigenvalue weighted by Gasteiger charge is -2.20. The third kappa shape index (κ3) is 6.99. The van der Waals surface area contributed by atoms with E-state index in [0.717, 1.165) is 29.5 Å². The number of carbonyl (C=O) groups excluding carboxylic acids is 1. The Hall–Kier alpha value is -3.36. The van der Waals surface area contributed by atoms with E-state index < -0.39 is 0 Å². The van der Waals surface area contributed by atoms with E-state index in [9.17, 15) is 4.79 Å². The van der Waals surface area contributed by atoms with Crippen molar-refractivity contribution in [2.45, 2.75) is 45.2 Å². The van der Waals surface area contributed by atoms with Crippen LogP contribution in [0.15, 0.2) is 97.1 Å². The Morgan fingerprint density at radius 3 is 1.97 bits per heavy atom. The van der Waals surface area contributed by atoms with E-state index in [-0.39, 0.29) is 18.2 Å². The number of hydrogen-bond acceptors (Lipinski definition) is 5. The van der Waals surface area contributed by atoms with Crippen LogP contribution in [-0.2, 0) is 29.1 Å². The molecule has 0 aromatic heterocycles. The van der Waals surface area contributed by atoms with Gasteiger partial charge in [0.1, 0.15) is 30.8 Å². The summed E-state index contributed by atoms with van der Waals surface area (Å²) < 4.78 is 25.3. The van der Waals surface area contributed by atoms with E-state index in [4.69, 9.17) is 18.9 Å². The summed E-state index contributed by atoms with van der Waals surface area (Å²) in [6.07, 6.45) is 1.29. The molecule has 1 aliphatic rings. The fourth-order valence-corrected chi connectivity index (χ4v) is 5.26. The number of halogens is 1. The second-order valence-corrected chi connectivity index (χ2v) is 10.5. The zero-order chi connectivity index (χ0) is 27.0. The lowest BCUT2D eigenvalue weighted by atomic mass is 10.0. The topological polar surface area (TPSA) is 57.3 Å². The minimum atomic E-state index is -0.389. The number of esters is 1. The zero-order valence-electron chi connectivity index (χ0n) is 21.8. The maximum absolute atomic E-state index is 13.1. The fraction of sp³-hybridized carbons (Fsp3) is 0.242. The largest absolute Gasteiger partial charge is 0.488 e. The Kier molecular flexibility index (Phi) is 9.16. The lowest BCUT2D eigenvalue weighted by molar-refractivity contribution is 0.0502. The van der Waals surface area contributed by atoms with E-state index in [1.54, 1.807) is 6.07 Å². The van der Waals surface area contributed by atoms with Crippen molar-refractivity contribution in [1.29, 1.82) is 0 Å². The second-order valence-electron chi connectivity index (χ2n) is 9.45. The minimum Gasteiger partial charge on any atom is -0.488 e. The van der Waals surface area contributed by atoms with Crippen molar-refractivity contribution < 1.29 is 23.7 Å². The molecule has 0 radical (unpaired) electrons. The Balaban J connectivity index is 1.52. The van der Waals surface area contributed by atoms with Crippen molar-refractivity contribution in [2.24, 2.45) is 0 Å². The van der Waals surface area contributed by atoms with Crippen LogP contribution in [0.2, 0.25) is 0 Å². The van der Waals surface area contributed by atoms with Crippen LogP contribution in [-0.4, -0.2) is 18.7 Å². The quantitative estimate of drug-likeness (QED) is 0.0909. The SMILES string of the molecule is CCCOC(=O)c1cc(OCc2ccccc2)c(C2OC2Cc2ccccc2)c(OCc2ccccc2)c1I. The second kappa shape index (κ2) is 13.1. The molecule has 39 heavy (non-hydrogen) atoms. The summed E-state index contributed by atoms with van der Waals surface area (Å²) in [4.78, 5) is 13.1. The first-order chi connectivity index (χ1) is 19.1. The molecule has 5 rings (SSSR count). The molecule has 4 aromatic carbocycles. The van der Waals surface area contributed by atoms with Crippen LogP contribution in [0.5, 0.6) is 11.5 Å². The van der Waals surface area contributed by atoms with Gasteiger partial charge in [-0.2, -0.15) is 0 Å². The number of benzene rings is 4. The van der Waals surface area contributed by atoms with E-state index >= 15 is 0 Å². The Morgan fingerprint density at radius 2 is 1.38 bits per heavy atom. The van der Waals surface area contributed by atoms with Gasteiger partial charge in [-0.1, -0.05) is 97.9 Å². The van der Waals surface area contributed by atoms with Gasteiger partial charge in [-0.3, -0.25) is 0 Å². The summed E-state index contributed by atoms with van der Waals surface area (Å²) in [6.45, 7) is 3.03. The predicted octanol–water partition coefficient (Wildman–Crippen LogP) is 7.70. The van der Waals surface area contributed by atoms with Crippen molar-refractivity contribution in [1.82, 2.24) is 0 Å². The molecule has 0 aliphatic carbocycles. The molecule has 1 heterocycles. The summed E-state index contributed by atoms with van der Waals surface area (Å²) in [6, 6.07) is 32.0. The summed E-state index contributed by atoms with van der Waals surface area (Å²) in [7, 11) is 0. The van der Waals surface area contributed by atoms with Crippen LogP contribution >= 0.6 is 22.6 Å². The van der Waals surface area contributed by atoms with Crippen LogP contribution in [0, 0.1) is 3.57 Å². The van der Waals surface area contributed by atoms with Crippen molar-refractivity contribution >= 4 is 28.6 Å². The molecule has 4 aromatic rings. The molecule has 1 saturated heterocycles. The number of ether oxygens (including phenoxy) is 4. The number of rotatable bonds is 12. The molecule has 2 atom stereocenters. The van der Waals surface area contributed by atoms with Crippen molar-refractivity contribution in [2.75, 3.05) is 6.61 Å². The van der Waals surface area contributed by atoms with Gasteiger partial charge in [-0.05, 0) is 51.8 Å². The minimum absolute atomic E-state index is 0.0146. The summed E-state index contributed by atoms with van der Waals surface area (Å²) in [5.74, 6) is 0.792. The highest BCUT2D eigenvalue weighted by molar-refractivity contribution is 14.1. The maximum atomic E-state index is 13.1. The Morgan fingerprint density at radius 1 is 0.821 bits per heavy atom. The van der Waals surface area contributed by atoms with Crippen LogP contribution in [0.1, 0.15) is 52.1 Å². The van der Waals surface area contributed by atoms with E-state index in [0.29, 0.717) is 40.5 Å². The third-order valence-corrected chi connectivity index (χ3v) is 7.56. The van der Waals surface area contributed by atoms with Gasteiger partial charge in [-0.25, -0.2) is 4.79 Å². The van der Waals surface area contributed by atoms with Gasteiger partial charge in [-0.15, -0.1) is 0 Å². The molecule has 200 valence electrons. The first kappa shape index (κ1) is 27.2. The molecule has 5 nitrogen and oxygen atoms in total. The molecular formula is C33H31IO5. The molecule has 0 bridgehead atoms. The highest BCUT2D eigenvalue weighted by Gasteiger charge is 2.45. The van der Waals surface area contributed by atoms with E-state index in [1.807, 2.05) is 85.8 Å². The average molecular weight is 635 g/mol. The molecule has 1 fully saturated rings.